The third kappa shape index (κ3) is 1.86. The van der Waals surface area contributed by atoms with Gasteiger partial charge in [0.05, 0.1) is 6.10 Å². The molecule has 1 fully saturated rings. The van der Waals surface area contributed by atoms with E-state index in [1.165, 1.54) is 18.4 Å². The maximum absolute atomic E-state index is 9.76. The zero-order valence-electron chi connectivity index (χ0n) is 10.8. The van der Waals surface area contributed by atoms with E-state index in [1.54, 1.807) is 5.57 Å². The van der Waals surface area contributed by atoms with Gasteiger partial charge >= 0.3 is 0 Å². The Morgan fingerprint density at radius 2 is 2.19 bits per heavy atom. The Labute approximate surface area is 99.3 Å². The Hall–Kier alpha value is -0.560. The second-order valence-corrected chi connectivity index (χ2v) is 5.72. The minimum absolute atomic E-state index is 0.104. The molecular formula is C15H24O. The molecule has 0 saturated heterocycles. The van der Waals surface area contributed by atoms with E-state index in [9.17, 15) is 5.11 Å². The lowest BCUT2D eigenvalue weighted by molar-refractivity contribution is 0.0931. The summed E-state index contributed by atoms with van der Waals surface area (Å²) in [7, 11) is 0. The molecule has 0 aromatic carbocycles. The van der Waals surface area contributed by atoms with E-state index in [0.29, 0.717) is 11.3 Å². The number of aliphatic hydroxyl groups is 1. The summed E-state index contributed by atoms with van der Waals surface area (Å²) in [6.45, 7) is 7.00. The number of fused-ring (bicyclic) bond motifs is 1. The van der Waals surface area contributed by atoms with Gasteiger partial charge in [-0.3, -0.25) is 0 Å². The van der Waals surface area contributed by atoms with Gasteiger partial charge in [0.2, 0.25) is 0 Å². The van der Waals surface area contributed by atoms with Gasteiger partial charge < -0.3 is 5.11 Å². The zero-order valence-corrected chi connectivity index (χ0v) is 10.8. The van der Waals surface area contributed by atoms with Crippen LogP contribution >= 0.6 is 0 Å². The van der Waals surface area contributed by atoms with Crippen LogP contribution in [-0.2, 0) is 0 Å². The number of rotatable bonds is 2. The number of aliphatic hydroxyl groups excluding tert-OH is 1. The van der Waals surface area contributed by atoms with Crippen LogP contribution in [0.2, 0.25) is 0 Å². The van der Waals surface area contributed by atoms with Crippen LogP contribution in [0.3, 0.4) is 0 Å². The molecule has 0 aromatic heterocycles. The molecule has 2 aliphatic rings. The van der Waals surface area contributed by atoms with Crippen molar-refractivity contribution in [2.24, 2.45) is 11.3 Å². The molecule has 3 unspecified atom stereocenters. The predicted molar refractivity (Wildman–Crippen MR) is 68.2 cm³/mol. The third-order valence-corrected chi connectivity index (χ3v) is 4.74. The lowest BCUT2D eigenvalue weighted by atomic mass is 9.59. The molecule has 1 heteroatoms. The maximum atomic E-state index is 9.76. The Kier molecular flexibility index (Phi) is 3.25. The quantitative estimate of drug-likeness (QED) is 0.749. The largest absolute Gasteiger partial charge is 0.393 e. The molecule has 0 bridgehead atoms. The van der Waals surface area contributed by atoms with Crippen LogP contribution in [0, 0.1) is 11.3 Å². The van der Waals surface area contributed by atoms with Gasteiger partial charge in [-0.05, 0) is 37.0 Å². The van der Waals surface area contributed by atoms with Gasteiger partial charge in [0.15, 0.2) is 0 Å². The highest BCUT2D eigenvalue weighted by Crippen LogP contribution is 2.51. The van der Waals surface area contributed by atoms with Crippen LogP contribution in [0.5, 0.6) is 0 Å². The predicted octanol–water partition coefficient (Wildman–Crippen LogP) is 3.84. The summed E-state index contributed by atoms with van der Waals surface area (Å²) in [6, 6.07) is 0. The number of hydrogen-bond acceptors (Lipinski definition) is 1. The van der Waals surface area contributed by atoms with E-state index in [0.717, 1.165) is 19.3 Å². The third-order valence-electron chi connectivity index (χ3n) is 4.74. The first-order valence-corrected chi connectivity index (χ1v) is 6.66. The lowest BCUT2D eigenvalue weighted by Gasteiger charge is -2.46. The summed E-state index contributed by atoms with van der Waals surface area (Å²) in [5, 5.41) is 9.76. The first-order valence-electron chi connectivity index (χ1n) is 6.66. The fraction of sp³-hybridized carbons (Fsp3) is 0.733. The van der Waals surface area contributed by atoms with Gasteiger partial charge in [-0.15, -0.1) is 0 Å². The van der Waals surface area contributed by atoms with Crippen molar-refractivity contribution in [3.63, 3.8) is 0 Å². The molecule has 1 nitrogen and oxygen atoms in total. The summed E-state index contributed by atoms with van der Waals surface area (Å²) in [4.78, 5) is 0. The average molecular weight is 220 g/mol. The van der Waals surface area contributed by atoms with Crippen molar-refractivity contribution in [3.05, 3.63) is 23.3 Å². The highest BCUT2D eigenvalue weighted by molar-refractivity contribution is 5.34. The van der Waals surface area contributed by atoms with Crippen LogP contribution in [0.4, 0.5) is 0 Å². The summed E-state index contributed by atoms with van der Waals surface area (Å²) in [6.07, 6.45) is 9.95. The summed E-state index contributed by atoms with van der Waals surface area (Å²) < 4.78 is 0. The SMILES string of the molecule is CCCC1=CC=C2CC(O)CCC2(C)C1C. The summed E-state index contributed by atoms with van der Waals surface area (Å²) >= 11 is 0. The van der Waals surface area contributed by atoms with Gasteiger partial charge in [0.1, 0.15) is 0 Å². The van der Waals surface area contributed by atoms with Gasteiger partial charge in [-0.1, -0.05) is 50.5 Å². The fourth-order valence-electron chi connectivity index (χ4n) is 3.32. The number of allylic oxidation sites excluding steroid dienone is 3. The monoisotopic (exact) mass is 220 g/mol. The molecule has 0 aromatic rings. The van der Waals surface area contributed by atoms with E-state index in [2.05, 4.69) is 32.9 Å². The van der Waals surface area contributed by atoms with Gasteiger partial charge in [-0.25, -0.2) is 0 Å². The van der Waals surface area contributed by atoms with Gasteiger partial charge in [0, 0.05) is 0 Å². The van der Waals surface area contributed by atoms with Crippen molar-refractivity contribution in [1.29, 1.82) is 0 Å². The molecule has 16 heavy (non-hydrogen) atoms. The minimum atomic E-state index is -0.104. The van der Waals surface area contributed by atoms with Crippen LogP contribution in [0.25, 0.3) is 0 Å². The molecule has 0 radical (unpaired) electrons. The molecule has 3 atom stereocenters. The average Bonchev–Trinajstić information content (AvgIpc) is 2.26. The first-order chi connectivity index (χ1) is 7.58. The van der Waals surface area contributed by atoms with Crippen LogP contribution in [-0.4, -0.2) is 11.2 Å². The van der Waals surface area contributed by atoms with Crippen molar-refractivity contribution in [1.82, 2.24) is 0 Å². The second-order valence-electron chi connectivity index (χ2n) is 5.72. The fourth-order valence-corrected chi connectivity index (χ4v) is 3.32. The van der Waals surface area contributed by atoms with E-state index in [-0.39, 0.29) is 6.10 Å². The van der Waals surface area contributed by atoms with Gasteiger partial charge in [-0.2, -0.15) is 0 Å². The molecule has 2 rings (SSSR count). The minimum Gasteiger partial charge on any atom is -0.393 e. The second kappa shape index (κ2) is 4.37. The molecule has 90 valence electrons. The highest BCUT2D eigenvalue weighted by Gasteiger charge is 2.41. The van der Waals surface area contributed by atoms with Crippen molar-refractivity contribution in [3.8, 4) is 0 Å². The van der Waals surface area contributed by atoms with E-state index in [1.807, 2.05) is 0 Å². The van der Waals surface area contributed by atoms with Crippen molar-refractivity contribution in [2.75, 3.05) is 0 Å². The molecule has 2 aliphatic carbocycles. The maximum Gasteiger partial charge on any atom is 0.0578 e. The Morgan fingerprint density at radius 1 is 1.44 bits per heavy atom. The molecular weight excluding hydrogens is 196 g/mol. The summed E-state index contributed by atoms with van der Waals surface area (Å²) in [5.74, 6) is 0.653. The van der Waals surface area contributed by atoms with Crippen LogP contribution in [0.1, 0.15) is 52.9 Å². The van der Waals surface area contributed by atoms with Crippen LogP contribution < -0.4 is 0 Å². The first kappa shape index (κ1) is 11.9. The lowest BCUT2D eigenvalue weighted by Crippen LogP contribution is -2.37. The molecule has 0 heterocycles. The Bertz CT molecular complexity index is 326. The summed E-state index contributed by atoms with van der Waals surface area (Å²) in [5.41, 5.74) is 3.39. The standard InChI is InChI=1S/C15H24O/c1-4-5-12-6-7-13-10-14(16)8-9-15(13,3)11(12)2/h6-7,11,14,16H,4-5,8-10H2,1-3H3. The van der Waals surface area contributed by atoms with Crippen LogP contribution in [0.15, 0.2) is 23.3 Å². The van der Waals surface area contributed by atoms with E-state index in [4.69, 9.17) is 0 Å². The molecule has 1 saturated carbocycles. The zero-order chi connectivity index (χ0) is 11.8. The topological polar surface area (TPSA) is 20.2 Å². The molecule has 0 aliphatic heterocycles. The van der Waals surface area contributed by atoms with Gasteiger partial charge in [0.25, 0.3) is 0 Å². The normalized spacial score (nSPS) is 38.8. The van der Waals surface area contributed by atoms with Crippen molar-refractivity contribution in [2.45, 2.75) is 59.0 Å². The number of hydrogen-bond donors (Lipinski definition) is 1. The molecule has 1 N–H and O–H groups in total. The Balaban J connectivity index is 2.27. The molecule has 0 spiro atoms. The van der Waals surface area contributed by atoms with Crippen molar-refractivity contribution < 1.29 is 5.11 Å². The van der Waals surface area contributed by atoms with E-state index >= 15 is 0 Å². The smallest absolute Gasteiger partial charge is 0.0578 e. The Morgan fingerprint density at radius 3 is 2.88 bits per heavy atom. The highest BCUT2D eigenvalue weighted by atomic mass is 16.3. The molecule has 0 amide bonds. The van der Waals surface area contributed by atoms with Crippen molar-refractivity contribution >= 4 is 0 Å². The van der Waals surface area contributed by atoms with E-state index < -0.39 is 0 Å².